The predicted octanol–water partition coefficient (Wildman–Crippen LogP) is 2.24. The summed E-state index contributed by atoms with van der Waals surface area (Å²) in [7, 11) is 0. The summed E-state index contributed by atoms with van der Waals surface area (Å²) in [6.45, 7) is 0.855. The molecule has 1 fully saturated rings. The molecule has 1 aliphatic rings. The molecule has 30 heavy (non-hydrogen) atoms. The molecule has 1 atom stereocenters. The molecule has 1 amide bonds. The minimum atomic E-state index is -1.10. The van der Waals surface area contributed by atoms with E-state index >= 15 is 0 Å². The number of aliphatic hydroxyl groups is 1. The highest BCUT2D eigenvalue weighted by molar-refractivity contribution is 5.98. The maximum Gasteiger partial charge on any atom is 0.270 e. The normalized spacial score (nSPS) is 18.9. The van der Waals surface area contributed by atoms with Gasteiger partial charge in [0.25, 0.3) is 5.91 Å². The molecule has 5 rings (SSSR count). The van der Waals surface area contributed by atoms with Gasteiger partial charge in [0.1, 0.15) is 17.0 Å². The fourth-order valence-electron chi connectivity index (χ4n) is 3.85. The second kappa shape index (κ2) is 7.03. The molecular weight excluding hydrogens is 387 g/mol. The van der Waals surface area contributed by atoms with E-state index in [-0.39, 0.29) is 19.0 Å². The van der Waals surface area contributed by atoms with Crippen LogP contribution < -0.4 is 0 Å². The molecule has 0 bridgehead atoms. The van der Waals surface area contributed by atoms with Gasteiger partial charge >= 0.3 is 0 Å². The summed E-state index contributed by atoms with van der Waals surface area (Å²) < 4.78 is 14.5. The zero-order chi connectivity index (χ0) is 20.7. The molecule has 0 radical (unpaired) electrons. The third-order valence-corrected chi connectivity index (χ3v) is 5.40. The molecule has 1 saturated heterocycles. The Bertz CT molecular complexity index is 1180. The number of carbonyl (C=O) groups is 1. The van der Waals surface area contributed by atoms with Crippen molar-refractivity contribution >= 4 is 16.8 Å². The molecule has 0 spiro atoms. The van der Waals surface area contributed by atoms with E-state index in [0.717, 1.165) is 10.9 Å². The topological polar surface area (TPSA) is 99.9 Å². The number of halogens is 1. The summed E-state index contributed by atoms with van der Waals surface area (Å²) in [5.41, 5.74) is 1.48. The Morgan fingerprint density at radius 3 is 2.93 bits per heavy atom. The molecule has 4 aromatic rings. The van der Waals surface area contributed by atoms with Crippen LogP contribution in [-0.2, 0) is 6.54 Å². The van der Waals surface area contributed by atoms with Gasteiger partial charge in [-0.05, 0) is 30.7 Å². The van der Waals surface area contributed by atoms with Crippen molar-refractivity contribution in [3.8, 4) is 11.3 Å². The van der Waals surface area contributed by atoms with Gasteiger partial charge in [-0.25, -0.2) is 9.67 Å². The first-order valence-corrected chi connectivity index (χ1v) is 9.61. The quantitative estimate of drug-likeness (QED) is 0.507. The van der Waals surface area contributed by atoms with Gasteiger partial charge in [-0.1, -0.05) is 23.4 Å². The lowest BCUT2D eigenvalue weighted by Crippen LogP contribution is -2.39. The number of aromatic nitrogens is 5. The molecule has 1 aliphatic heterocycles. The molecular formula is C21H19FN6O2. The number of hydrogen-bond acceptors (Lipinski definition) is 5. The van der Waals surface area contributed by atoms with E-state index in [9.17, 15) is 14.3 Å². The van der Waals surface area contributed by atoms with E-state index in [1.165, 1.54) is 16.9 Å². The van der Waals surface area contributed by atoms with Crippen LogP contribution in [0.25, 0.3) is 22.2 Å². The lowest BCUT2D eigenvalue weighted by Gasteiger charge is -2.22. The summed E-state index contributed by atoms with van der Waals surface area (Å²) in [5, 5.41) is 20.1. The number of para-hydroxylation sites is 1. The number of fused-ring (bicyclic) bond motifs is 1. The van der Waals surface area contributed by atoms with Gasteiger partial charge in [-0.2, -0.15) is 4.39 Å². The zero-order valence-electron chi connectivity index (χ0n) is 16.0. The van der Waals surface area contributed by atoms with Crippen molar-refractivity contribution < 1.29 is 14.3 Å². The number of carbonyl (C=O) groups excluding carboxylic acids is 1. The first kappa shape index (κ1) is 18.4. The Kier molecular flexibility index (Phi) is 4.32. The van der Waals surface area contributed by atoms with E-state index < -0.39 is 11.5 Å². The number of hydrogen-bond donors (Lipinski definition) is 2. The maximum absolute atomic E-state index is 13.0. The average molecular weight is 406 g/mol. The molecule has 0 aliphatic carbocycles. The third kappa shape index (κ3) is 3.43. The second-order valence-electron chi connectivity index (χ2n) is 7.64. The van der Waals surface area contributed by atoms with Crippen molar-refractivity contribution in [3.05, 3.63) is 66.5 Å². The van der Waals surface area contributed by atoms with Crippen molar-refractivity contribution in [2.24, 2.45) is 0 Å². The van der Waals surface area contributed by atoms with Crippen LogP contribution in [0.4, 0.5) is 4.39 Å². The van der Waals surface area contributed by atoms with Gasteiger partial charge < -0.3 is 15.0 Å². The molecule has 1 unspecified atom stereocenters. The summed E-state index contributed by atoms with van der Waals surface area (Å²) in [6.07, 6.45) is 3.50. The van der Waals surface area contributed by atoms with Crippen LogP contribution in [0.15, 0.2) is 54.9 Å². The number of amides is 1. The monoisotopic (exact) mass is 406 g/mol. The molecule has 4 heterocycles. The Balaban J connectivity index is 1.28. The summed E-state index contributed by atoms with van der Waals surface area (Å²) in [5.74, 6) is -0.704. The van der Waals surface area contributed by atoms with Gasteiger partial charge in [0.05, 0.1) is 19.3 Å². The lowest BCUT2D eigenvalue weighted by atomic mass is 10.0. The number of likely N-dealkylation sites (tertiary alicyclic amines) is 1. The average Bonchev–Trinajstić information content (AvgIpc) is 3.46. The van der Waals surface area contributed by atoms with Crippen LogP contribution in [0, 0.1) is 5.95 Å². The number of nitrogens with zero attached hydrogens (tertiary/aromatic N) is 5. The Hall–Kier alpha value is -3.59. The fourth-order valence-corrected chi connectivity index (χ4v) is 3.85. The minimum absolute atomic E-state index is 0.140. The van der Waals surface area contributed by atoms with E-state index in [1.54, 1.807) is 17.2 Å². The molecule has 0 saturated carbocycles. The van der Waals surface area contributed by atoms with Gasteiger partial charge in [0, 0.05) is 29.2 Å². The van der Waals surface area contributed by atoms with Crippen molar-refractivity contribution in [2.45, 2.75) is 18.6 Å². The summed E-state index contributed by atoms with van der Waals surface area (Å²) in [4.78, 5) is 21.3. The minimum Gasteiger partial charge on any atom is -0.386 e. The molecule has 2 N–H and O–H groups in total. The first-order valence-electron chi connectivity index (χ1n) is 9.61. The summed E-state index contributed by atoms with van der Waals surface area (Å²) in [6, 6.07) is 12.4. The Labute approximate surface area is 171 Å². The Morgan fingerprint density at radius 2 is 2.13 bits per heavy atom. The zero-order valence-corrected chi connectivity index (χ0v) is 16.0. The second-order valence-corrected chi connectivity index (χ2v) is 7.64. The molecule has 3 aromatic heterocycles. The number of β-amino-alcohol motifs (C(OH)–C–C–N with tert-alkyl or cyclic N) is 1. The molecule has 152 valence electrons. The van der Waals surface area contributed by atoms with Crippen molar-refractivity contribution in [1.82, 2.24) is 29.9 Å². The maximum atomic E-state index is 13.0. The number of aromatic amines is 1. The van der Waals surface area contributed by atoms with Gasteiger partial charge in [0.2, 0.25) is 5.95 Å². The third-order valence-electron chi connectivity index (χ3n) is 5.40. The number of pyridine rings is 1. The van der Waals surface area contributed by atoms with E-state index in [1.807, 2.05) is 30.3 Å². The van der Waals surface area contributed by atoms with Gasteiger partial charge in [0.15, 0.2) is 0 Å². The number of H-pyrrole nitrogens is 1. The Morgan fingerprint density at radius 1 is 1.27 bits per heavy atom. The number of rotatable bonds is 4. The van der Waals surface area contributed by atoms with Crippen molar-refractivity contribution in [2.75, 3.05) is 13.1 Å². The standard InChI is InChI=1S/C21H19FN6O2/c22-19-6-5-15(10-23-19)18-11-28(26-25-18)13-21(30)7-8-27(12-21)20(29)17-9-14-3-1-2-4-16(14)24-17/h1-6,9-11,24,30H,7-8,12-13H2. The smallest absolute Gasteiger partial charge is 0.270 e. The highest BCUT2D eigenvalue weighted by Gasteiger charge is 2.39. The van der Waals surface area contributed by atoms with Crippen LogP contribution in [-0.4, -0.2) is 59.6 Å². The molecule has 1 aromatic carbocycles. The number of benzene rings is 1. The fraction of sp³-hybridized carbons (Fsp3) is 0.238. The molecule has 8 nitrogen and oxygen atoms in total. The molecule has 9 heteroatoms. The highest BCUT2D eigenvalue weighted by atomic mass is 19.1. The van der Waals surface area contributed by atoms with Crippen molar-refractivity contribution in [3.63, 3.8) is 0 Å². The highest BCUT2D eigenvalue weighted by Crippen LogP contribution is 2.26. The van der Waals surface area contributed by atoms with Crippen LogP contribution in [0.1, 0.15) is 16.9 Å². The van der Waals surface area contributed by atoms with Crippen LogP contribution in [0.2, 0.25) is 0 Å². The van der Waals surface area contributed by atoms with Crippen LogP contribution >= 0.6 is 0 Å². The van der Waals surface area contributed by atoms with Gasteiger partial charge in [-0.3, -0.25) is 4.79 Å². The lowest BCUT2D eigenvalue weighted by molar-refractivity contribution is 0.0266. The van der Waals surface area contributed by atoms with Gasteiger partial charge in [-0.15, -0.1) is 5.10 Å². The summed E-state index contributed by atoms with van der Waals surface area (Å²) >= 11 is 0. The van der Waals surface area contributed by atoms with E-state index in [4.69, 9.17) is 0 Å². The van der Waals surface area contributed by atoms with Crippen LogP contribution in [0.3, 0.4) is 0 Å². The predicted molar refractivity (Wildman–Crippen MR) is 107 cm³/mol. The number of nitrogens with one attached hydrogen (secondary N) is 1. The van der Waals surface area contributed by atoms with Crippen molar-refractivity contribution in [1.29, 1.82) is 0 Å². The SMILES string of the molecule is O=C(c1cc2ccccc2[nH]1)N1CCC(O)(Cn2cc(-c3ccc(F)nc3)nn2)C1. The largest absolute Gasteiger partial charge is 0.386 e. The van der Waals surface area contributed by atoms with E-state index in [0.29, 0.717) is 29.9 Å². The first-order chi connectivity index (χ1) is 14.5. The van der Waals surface area contributed by atoms with Crippen LogP contribution in [0.5, 0.6) is 0 Å². The van der Waals surface area contributed by atoms with E-state index in [2.05, 4.69) is 20.3 Å².